The molecule has 592 valence electrons. The highest BCUT2D eigenvalue weighted by atomic mass is 16.8. The molecule has 103 heavy (non-hydrogen) atoms. The van der Waals surface area contributed by atoms with Crippen LogP contribution >= 0.6 is 0 Å². The van der Waals surface area contributed by atoms with Gasteiger partial charge in [-0.1, -0.05) is 6.07 Å². The standard InChI is InChI=1S/C59H97N5O39/c1-17-32(74)40(82)44(86)55(92-17)90-15-22(73)48(33(75)21(62-18(2)70)9-61-29-7-5-6-8-60-29)99-53-30(63-19(3)71)38(80)50(27(14-69)96-53)101-58-47(89)51(102-57-46(88)42(84)35(77)24(11-66)94-57)37(79)28(98-58)16-91-59-52(43(85)36(78)25(12-67)95-59)103-54-31(64-20(4)72)39(81)49(26(13-68)97-54)100-56-45(87)41(83)34(76)23(10-65)93-56/h5-8,17,21-28,30-59,65-69,73-89H,9-16H2,1-4H3,(H,60,61)(H,62,70)(H,63,71)(H,64,72)/t17-,21-,22+,23+,24+,25+,26+,27+,28+,30+,31+,32+,33+,34-,35+,36+,37+,38+,39+,40+,41-,42-,43-,44-,45+,46-,47-,48+,49+,50+,51-,52-,53-,54-,55+,56-,57+,58-,59-/m0/s1. The Bertz CT molecular complexity index is 2770. The van der Waals surface area contributed by atoms with Crippen molar-refractivity contribution < 1.29 is 193 Å². The van der Waals surface area contributed by atoms with E-state index in [1.54, 1.807) is 12.1 Å². The summed E-state index contributed by atoms with van der Waals surface area (Å²) in [5.74, 6) is -2.33. The van der Waals surface area contributed by atoms with Gasteiger partial charge in [0.25, 0.3) is 0 Å². The third kappa shape index (κ3) is 19.9. The van der Waals surface area contributed by atoms with Gasteiger partial charge >= 0.3 is 0 Å². The smallest absolute Gasteiger partial charge is 0.217 e. The van der Waals surface area contributed by atoms with Crippen molar-refractivity contribution >= 4 is 23.5 Å². The van der Waals surface area contributed by atoms with Crippen molar-refractivity contribution in [1.82, 2.24) is 20.9 Å². The molecule has 7 saturated heterocycles. The first-order valence-electron chi connectivity index (χ1n) is 33.0. The number of carbonyl (C=O) groups excluding carboxylic acids is 3. The molecule has 0 aliphatic carbocycles. The maximum absolute atomic E-state index is 13.1. The van der Waals surface area contributed by atoms with Crippen molar-refractivity contribution in [3.05, 3.63) is 24.4 Å². The molecule has 1 aromatic rings. The second-order valence-corrected chi connectivity index (χ2v) is 25.8. The molecule has 44 nitrogen and oxygen atoms in total. The number of ether oxygens (including phenoxy) is 14. The fourth-order valence-corrected chi connectivity index (χ4v) is 12.7. The van der Waals surface area contributed by atoms with Crippen LogP contribution in [0.3, 0.4) is 0 Å². The van der Waals surface area contributed by atoms with E-state index >= 15 is 0 Å². The molecule has 26 N–H and O–H groups in total. The number of rotatable bonds is 30. The number of hydrogen-bond donors (Lipinski definition) is 26. The van der Waals surface area contributed by atoms with E-state index in [0.717, 1.165) is 20.8 Å². The van der Waals surface area contributed by atoms with Gasteiger partial charge in [0, 0.05) is 33.5 Å². The first-order valence-corrected chi connectivity index (χ1v) is 33.0. The third-order valence-electron chi connectivity index (χ3n) is 18.4. The minimum Gasteiger partial charge on any atom is -0.394 e. The van der Waals surface area contributed by atoms with Crippen LogP contribution in [-0.4, -0.2) is 427 Å². The van der Waals surface area contributed by atoms with E-state index in [1.807, 2.05) is 0 Å². The Labute approximate surface area is 585 Å². The van der Waals surface area contributed by atoms with Crippen LogP contribution in [0, 0.1) is 0 Å². The van der Waals surface area contributed by atoms with Gasteiger partial charge in [0.2, 0.25) is 17.7 Å². The Balaban J connectivity index is 1.08. The van der Waals surface area contributed by atoms with Gasteiger partial charge in [0.1, 0.15) is 189 Å². The summed E-state index contributed by atoms with van der Waals surface area (Å²) in [5.41, 5.74) is 0. The number of amides is 3. The van der Waals surface area contributed by atoms with E-state index in [4.69, 9.17) is 66.3 Å². The summed E-state index contributed by atoms with van der Waals surface area (Å²) in [6.45, 7) is -3.31. The highest BCUT2D eigenvalue weighted by Gasteiger charge is 2.59. The Hall–Kier alpha value is -4.08. The molecule has 0 radical (unpaired) electrons. The average Bonchev–Trinajstić information content (AvgIpc) is 0.774. The maximum atomic E-state index is 13.1. The zero-order valence-electron chi connectivity index (χ0n) is 55.7. The molecule has 8 rings (SSSR count). The Morgan fingerprint density at radius 3 is 1.40 bits per heavy atom. The molecule has 44 heteroatoms. The zero-order chi connectivity index (χ0) is 75.7. The van der Waals surface area contributed by atoms with Crippen LogP contribution in [0.5, 0.6) is 0 Å². The van der Waals surface area contributed by atoms with Gasteiger partial charge in [0.05, 0.1) is 58.4 Å². The van der Waals surface area contributed by atoms with E-state index < -0.39 is 303 Å². The summed E-state index contributed by atoms with van der Waals surface area (Å²) in [6.07, 6.45) is -70.4. The van der Waals surface area contributed by atoms with Crippen LogP contribution in [0.4, 0.5) is 5.82 Å². The van der Waals surface area contributed by atoms with Crippen LogP contribution < -0.4 is 21.3 Å². The molecule has 0 saturated carbocycles. The van der Waals surface area contributed by atoms with Gasteiger partial charge in [-0.05, 0) is 19.1 Å². The van der Waals surface area contributed by atoms with Crippen LogP contribution in [0.2, 0.25) is 0 Å². The minimum absolute atomic E-state index is 0.237. The van der Waals surface area contributed by atoms with Crippen LogP contribution in [0.15, 0.2) is 24.4 Å². The molecule has 1 aromatic heterocycles. The fourth-order valence-electron chi connectivity index (χ4n) is 12.7. The first kappa shape index (κ1) is 84.5. The Kier molecular flexibility index (Phi) is 31.1. The molecular formula is C59H97N5O39. The van der Waals surface area contributed by atoms with Gasteiger partial charge in [-0.15, -0.1) is 0 Å². The van der Waals surface area contributed by atoms with Crippen molar-refractivity contribution in [2.45, 2.75) is 267 Å². The third-order valence-corrected chi connectivity index (χ3v) is 18.4. The number of carbonyl (C=O) groups is 3. The average molecular weight is 1500 g/mol. The van der Waals surface area contributed by atoms with Crippen molar-refractivity contribution in [3.8, 4) is 0 Å². The monoisotopic (exact) mass is 1500 g/mol. The fraction of sp³-hybridized carbons (Fsp3) is 0.864. The topological polar surface area (TPSA) is 687 Å². The van der Waals surface area contributed by atoms with E-state index in [0.29, 0.717) is 0 Å². The number of pyridine rings is 1. The number of anilines is 1. The molecule has 0 bridgehead atoms. The van der Waals surface area contributed by atoms with Gasteiger partial charge in [0.15, 0.2) is 44.0 Å². The summed E-state index contributed by atoms with van der Waals surface area (Å²) in [7, 11) is 0. The summed E-state index contributed by atoms with van der Waals surface area (Å²) in [5, 5.41) is 253. The lowest BCUT2D eigenvalue weighted by atomic mass is 9.94. The zero-order valence-corrected chi connectivity index (χ0v) is 55.7. The van der Waals surface area contributed by atoms with Gasteiger partial charge in [-0.3, -0.25) is 14.4 Å². The molecule has 0 unspecified atom stereocenters. The summed E-state index contributed by atoms with van der Waals surface area (Å²) in [4.78, 5) is 42.7. The second-order valence-electron chi connectivity index (χ2n) is 25.8. The van der Waals surface area contributed by atoms with Crippen LogP contribution in [-0.2, 0) is 80.7 Å². The highest BCUT2D eigenvalue weighted by molar-refractivity contribution is 5.74. The molecule has 7 aliphatic rings. The highest BCUT2D eigenvalue weighted by Crippen LogP contribution is 2.38. The summed E-state index contributed by atoms with van der Waals surface area (Å²) < 4.78 is 82.2. The van der Waals surface area contributed by atoms with E-state index in [1.165, 1.54) is 19.2 Å². The van der Waals surface area contributed by atoms with E-state index in [-0.39, 0.29) is 12.4 Å². The number of aromatic nitrogens is 1. The molecule has 39 atom stereocenters. The first-order chi connectivity index (χ1) is 48.8. The SMILES string of the molecule is CC(=O)N[C@H]1[C@H](O[C@@H]([C@H](O)[C@H](CNc2ccccn2)NC(C)=O)[C@H](O)CO[C@@H]2O[C@@H](C)[C@@H](O)[C@@H](O)[C@@H]2O)O[C@H](CO)[C@@H](O[C@@H]2O[C@H](CO[C@H]3O[C@H](CO)[C@@H](O)[C@H](O)[C@@H]3O[C@@H]3O[C@H](CO)[C@@H](O[C@@H]4O[C@H](CO)[C@H](O)[C@H](O)[C@H]4O)[C@H](O)[C@H]3NC(C)=O)[C@@H](O)[C@H](O[C@H]3O[C@H](CO)[C@@H](O)[C@H](O)[C@@H]3O)[C@@H]2O)[C@@H]1O. The molecule has 3 amide bonds. The summed E-state index contributed by atoms with van der Waals surface area (Å²) in [6, 6.07) is -0.512. The van der Waals surface area contributed by atoms with Crippen molar-refractivity contribution in [2.75, 3.05) is 58.1 Å². The van der Waals surface area contributed by atoms with Crippen molar-refractivity contribution in [1.29, 1.82) is 0 Å². The number of nitrogens with zero attached hydrogens (tertiary/aromatic N) is 1. The van der Waals surface area contributed by atoms with Gasteiger partial charge in [-0.25, -0.2) is 4.98 Å². The molecule has 0 spiro atoms. The minimum atomic E-state index is -2.41. The number of nitrogens with one attached hydrogen (secondary N) is 4. The lowest BCUT2D eigenvalue weighted by Gasteiger charge is -2.50. The van der Waals surface area contributed by atoms with Crippen LogP contribution in [0.25, 0.3) is 0 Å². The lowest BCUT2D eigenvalue weighted by molar-refractivity contribution is -0.388. The molecule has 8 heterocycles. The number of aliphatic hydroxyl groups is 22. The Morgan fingerprint density at radius 2 is 0.893 bits per heavy atom. The van der Waals surface area contributed by atoms with E-state index in [2.05, 4.69) is 26.3 Å². The Morgan fingerprint density at radius 1 is 0.447 bits per heavy atom. The van der Waals surface area contributed by atoms with Crippen LogP contribution in [0.1, 0.15) is 27.7 Å². The quantitative estimate of drug-likeness (QED) is 0.0340. The van der Waals surface area contributed by atoms with Crippen molar-refractivity contribution in [3.63, 3.8) is 0 Å². The second kappa shape index (κ2) is 37.8. The summed E-state index contributed by atoms with van der Waals surface area (Å²) >= 11 is 0. The molecule has 7 aliphatic heterocycles. The number of hydrogen-bond acceptors (Lipinski definition) is 41. The number of aliphatic hydroxyl groups excluding tert-OH is 22. The van der Waals surface area contributed by atoms with Gasteiger partial charge < -0.3 is 200 Å². The molecule has 7 fully saturated rings. The molecule has 0 aromatic carbocycles. The predicted octanol–water partition coefficient (Wildman–Crippen LogP) is -15.8. The normalized spacial score (nSPS) is 44.4. The predicted molar refractivity (Wildman–Crippen MR) is 326 cm³/mol. The van der Waals surface area contributed by atoms with Gasteiger partial charge in [-0.2, -0.15) is 0 Å². The largest absolute Gasteiger partial charge is 0.394 e. The van der Waals surface area contributed by atoms with Crippen molar-refractivity contribution in [2.24, 2.45) is 0 Å². The maximum Gasteiger partial charge on any atom is 0.217 e. The molecular weight excluding hydrogens is 1400 g/mol. The van der Waals surface area contributed by atoms with E-state index in [9.17, 15) is 127 Å². The lowest BCUT2D eigenvalue weighted by Crippen LogP contribution is -2.70.